The zero-order valence-electron chi connectivity index (χ0n) is 10.7. The third-order valence-electron chi connectivity index (χ3n) is 2.07. The van der Waals surface area contributed by atoms with E-state index < -0.39 is 11.2 Å². The summed E-state index contributed by atoms with van der Waals surface area (Å²) in [6, 6.07) is 9.73. The lowest BCUT2D eigenvalue weighted by atomic mass is 10.2. The molecule has 1 heterocycles. The summed E-state index contributed by atoms with van der Waals surface area (Å²) in [6.45, 7) is 1.47. The summed E-state index contributed by atoms with van der Waals surface area (Å²) in [7, 11) is 1.60. The van der Waals surface area contributed by atoms with Crippen LogP contribution in [0.15, 0.2) is 40.7 Å². The standard InChI is InChI=1S/C9H8N2OS2.C3H7NO/c12-14(9-6-13-11-10-9)7-8-4-2-1-3-5-8;1-3(5)4-2/h1-6H,7H2;1-2H3,(H,4,5). The van der Waals surface area contributed by atoms with Crippen molar-refractivity contribution >= 4 is 28.6 Å². The number of carbonyl (C=O) groups excluding carboxylic acids is 1. The Balaban J connectivity index is 0.000000312. The second-order valence-electron chi connectivity index (χ2n) is 3.52. The Hall–Kier alpha value is -1.44. The summed E-state index contributed by atoms with van der Waals surface area (Å²) >= 11 is 0.158. The number of nitrogens with zero attached hydrogens (tertiary/aromatic N) is 2. The number of amides is 1. The minimum atomic E-state index is -1.07. The molecule has 1 aromatic heterocycles. The third kappa shape index (κ3) is 6.32. The lowest BCUT2D eigenvalue weighted by Gasteiger charge is -2.05. The van der Waals surface area contributed by atoms with Crippen molar-refractivity contribution in [1.29, 1.82) is 0 Å². The molecule has 1 N–H and O–H groups in total. The summed E-state index contributed by atoms with van der Waals surface area (Å²) in [5, 5.41) is 8.46. The minimum absolute atomic E-state index is 0.00463. The van der Waals surface area contributed by atoms with Crippen LogP contribution < -0.4 is 5.32 Å². The van der Waals surface area contributed by atoms with E-state index in [9.17, 15) is 9.35 Å². The smallest absolute Gasteiger partial charge is 0.276 e. The zero-order chi connectivity index (χ0) is 14.1. The van der Waals surface area contributed by atoms with Gasteiger partial charge in [0, 0.05) is 30.7 Å². The van der Waals surface area contributed by atoms with Gasteiger partial charge in [0.05, 0.1) is 5.38 Å². The van der Waals surface area contributed by atoms with Gasteiger partial charge in [0.1, 0.15) is 5.75 Å². The van der Waals surface area contributed by atoms with Crippen LogP contribution in [0.5, 0.6) is 0 Å². The highest BCUT2D eigenvalue weighted by molar-refractivity contribution is 7.90. The molecule has 1 aromatic carbocycles. The van der Waals surface area contributed by atoms with E-state index in [1.165, 1.54) is 18.5 Å². The van der Waals surface area contributed by atoms with Gasteiger partial charge in [0.2, 0.25) is 5.91 Å². The van der Waals surface area contributed by atoms with Crippen molar-refractivity contribution in [1.82, 2.24) is 14.9 Å². The van der Waals surface area contributed by atoms with Gasteiger partial charge in [-0.25, -0.2) is 0 Å². The van der Waals surface area contributed by atoms with E-state index in [-0.39, 0.29) is 5.91 Å². The molecule has 7 heteroatoms. The Morgan fingerprint density at radius 2 is 2.05 bits per heavy atom. The SMILES string of the molecule is CNC(C)=O.[O-][S+](Cc1ccccc1)c1csnn1. The molecule has 0 bridgehead atoms. The second kappa shape index (κ2) is 8.63. The fraction of sp³-hybridized carbons (Fsp3) is 0.250. The molecule has 2 rings (SSSR count). The van der Waals surface area contributed by atoms with Gasteiger partial charge >= 0.3 is 0 Å². The van der Waals surface area contributed by atoms with Gasteiger partial charge in [-0.15, -0.1) is 0 Å². The molecule has 0 fully saturated rings. The summed E-state index contributed by atoms with van der Waals surface area (Å²) in [6.07, 6.45) is 0. The minimum Gasteiger partial charge on any atom is -0.610 e. The average Bonchev–Trinajstić information content (AvgIpc) is 2.94. The Kier molecular flexibility index (Phi) is 7.09. The van der Waals surface area contributed by atoms with E-state index in [1.807, 2.05) is 30.3 Å². The maximum atomic E-state index is 11.7. The van der Waals surface area contributed by atoms with Gasteiger partial charge in [0.15, 0.2) is 0 Å². The van der Waals surface area contributed by atoms with Crippen LogP contribution in [0.1, 0.15) is 12.5 Å². The number of nitrogens with one attached hydrogen (secondary N) is 1. The van der Waals surface area contributed by atoms with Crippen LogP contribution in [-0.4, -0.2) is 27.1 Å². The van der Waals surface area contributed by atoms with E-state index in [0.717, 1.165) is 5.56 Å². The molecule has 0 saturated carbocycles. The van der Waals surface area contributed by atoms with Gasteiger partial charge in [-0.05, 0) is 11.5 Å². The van der Waals surface area contributed by atoms with Gasteiger partial charge in [-0.2, -0.15) is 0 Å². The second-order valence-corrected chi connectivity index (χ2v) is 5.53. The van der Waals surface area contributed by atoms with Gasteiger partial charge in [-0.3, -0.25) is 4.79 Å². The molecule has 5 nitrogen and oxygen atoms in total. The normalized spacial score (nSPS) is 11.1. The summed E-state index contributed by atoms with van der Waals surface area (Å²) in [5.41, 5.74) is 1.05. The van der Waals surface area contributed by atoms with Crippen LogP contribution in [0, 0.1) is 0 Å². The maximum absolute atomic E-state index is 11.7. The molecule has 19 heavy (non-hydrogen) atoms. The Bertz CT molecular complexity index is 477. The molecule has 1 atom stereocenters. The number of carbonyl (C=O) groups is 1. The Morgan fingerprint density at radius 3 is 2.53 bits per heavy atom. The molecule has 102 valence electrons. The van der Waals surface area contributed by atoms with Crippen LogP contribution in [-0.2, 0) is 21.7 Å². The van der Waals surface area contributed by atoms with Gasteiger partial charge in [-0.1, -0.05) is 39.9 Å². The molecular weight excluding hydrogens is 282 g/mol. The quantitative estimate of drug-likeness (QED) is 0.873. The van der Waals surface area contributed by atoms with E-state index in [2.05, 4.69) is 14.9 Å². The largest absolute Gasteiger partial charge is 0.610 e. The first-order chi connectivity index (χ1) is 9.13. The van der Waals surface area contributed by atoms with E-state index >= 15 is 0 Å². The van der Waals surface area contributed by atoms with Crippen LogP contribution >= 0.6 is 11.5 Å². The highest BCUT2D eigenvalue weighted by atomic mass is 32.2. The number of hydrogen-bond acceptors (Lipinski definition) is 5. The van der Waals surface area contributed by atoms with Crippen LogP contribution in [0.4, 0.5) is 0 Å². The van der Waals surface area contributed by atoms with E-state index in [0.29, 0.717) is 10.8 Å². The highest BCUT2D eigenvalue weighted by Gasteiger charge is 2.14. The first kappa shape index (κ1) is 15.6. The average molecular weight is 297 g/mol. The monoisotopic (exact) mass is 297 g/mol. The maximum Gasteiger partial charge on any atom is 0.276 e. The highest BCUT2D eigenvalue weighted by Crippen LogP contribution is 2.14. The lowest BCUT2D eigenvalue weighted by molar-refractivity contribution is -0.118. The van der Waals surface area contributed by atoms with E-state index in [1.54, 1.807) is 12.4 Å². The number of benzene rings is 1. The summed E-state index contributed by atoms with van der Waals surface area (Å²) in [4.78, 5) is 9.70. The first-order valence-electron chi connectivity index (χ1n) is 5.51. The van der Waals surface area contributed by atoms with Gasteiger partial charge in [0.25, 0.3) is 5.03 Å². The molecule has 0 aliphatic carbocycles. The predicted molar refractivity (Wildman–Crippen MR) is 76.2 cm³/mol. The molecule has 0 radical (unpaired) electrons. The number of rotatable bonds is 3. The fourth-order valence-corrected chi connectivity index (χ4v) is 2.76. The van der Waals surface area contributed by atoms with Crippen molar-refractivity contribution < 1.29 is 9.35 Å². The van der Waals surface area contributed by atoms with Crippen LogP contribution in [0.3, 0.4) is 0 Å². The number of aromatic nitrogens is 2. The molecular formula is C12H15N3O2S2. The molecule has 1 unspecified atom stereocenters. The molecule has 0 spiro atoms. The third-order valence-corrected chi connectivity index (χ3v) is 3.98. The van der Waals surface area contributed by atoms with Crippen molar-refractivity contribution in [2.24, 2.45) is 0 Å². The van der Waals surface area contributed by atoms with Crippen molar-refractivity contribution in [3.8, 4) is 0 Å². The molecule has 1 amide bonds. The topological polar surface area (TPSA) is 77.9 Å². The molecule has 0 aliphatic rings. The van der Waals surface area contributed by atoms with Crippen molar-refractivity contribution in [2.75, 3.05) is 7.05 Å². The summed E-state index contributed by atoms with van der Waals surface area (Å²) < 4.78 is 15.4. The molecule has 0 saturated heterocycles. The van der Waals surface area contributed by atoms with Gasteiger partial charge < -0.3 is 9.87 Å². The molecule has 0 aliphatic heterocycles. The Morgan fingerprint density at radius 1 is 1.42 bits per heavy atom. The predicted octanol–water partition coefficient (Wildman–Crippen LogP) is 1.60. The van der Waals surface area contributed by atoms with Crippen LogP contribution in [0.2, 0.25) is 0 Å². The van der Waals surface area contributed by atoms with Crippen molar-refractivity contribution in [2.45, 2.75) is 17.7 Å². The Labute approximate surface area is 119 Å². The summed E-state index contributed by atoms with van der Waals surface area (Å²) in [5.74, 6) is 0.511. The van der Waals surface area contributed by atoms with Crippen LogP contribution in [0.25, 0.3) is 0 Å². The van der Waals surface area contributed by atoms with Crippen molar-refractivity contribution in [3.05, 3.63) is 41.3 Å². The first-order valence-corrected chi connectivity index (χ1v) is 7.66. The number of hydrogen-bond donors (Lipinski definition) is 1. The lowest BCUT2D eigenvalue weighted by Crippen LogP contribution is -2.11. The van der Waals surface area contributed by atoms with E-state index in [4.69, 9.17) is 0 Å². The zero-order valence-corrected chi connectivity index (χ0v) is 12.3. The van der Waals surface area contributed by atoms with Crippen molar-refractivity contribution in [3.63, 3.8) is 0 Å². The fourth-order valence-electron chi connectivity index (χ4n) is 1.05. The molecule has 2 aromatic rings.